The van der Waals surface area contributed by atoms with Gasteiger partial charge in [0.05, 0.1) is 5.56 Å². The maximum absolute atomic E-state index is 5.78. The molecule has 21 heavy (non-hydrogen) atoms. The Morgan fingerprint density at radius 3 is 2.33 bits per heavy atom. The molecular formula is C15H17N5S. The van der Waals surface area contributed by atoms with Crippen molar-refractivity contribution in [3.8, 4) is 0 Å². The van der Waals surface area contributed by atoms with E-state index in [1.807, 2.05) is 36.5 Å². The third-order valence-electron chi connectivity index (χ3n) is 3.60. The highest BCUT2D eigenvalue weighted by atomic mass is 32.1. The second-order valence-corrected chi connectivity index (χ2v) is 5.34. The lowest BCUT2D eigenvalue weighted by molar-refractivity contribution is 0.641. The molecule has 6 heteroatoms. The minimum Gasteiger partial charge on any atom is -0.389 e. The molecule has 0 atom stereocenters. The van der Waals surface area contributed by atoms with Crippen LogP contribution in [0.25, 0.3) is 0 Å². The first-order valence-corrected chi connectivity index (χ1v) is 7.32. The first-order chi connectivity index (χ1) is 10.3. The summed E-state index contributed by atoms with van der Waals surface area (Å²) in [4.78, 5) is 13.7. The van der Waals surface area contributed by atoms with Gasteiger partial charge in [0.15, 0.2) is 0 Å². The fourth-order valence-corrected chi connectivity index (χ4v) is 2.69. The second kappa shape index (κ2) is 6.05. The van der Waals surface area contributed by atoms with Crippen molar-refractivity contribution < 1.29 is 0 Å². The average Bonchev–Trinajstić information content (AvgIpc) is 2.56. The van der Waals surface area contributed by atoms with Gasteiger partial charge in [0.1, 0.15) is 16.6 Å². The van der Waals surface area contributed by atoms with E-state index < -0.39 is 0 Å². The van der Waals surface area contributed by atoms with Gasteiger partial charge in [-0.05, 0) is 24.3 Å². The number of thiocarbonyl (C=S) groups is 1. The van der Waals surface area contributed by atoms with Crippen molar-refractivity contribution in [2.75, 3.05) is 36.0 Å². The van der Waals surface area contributed by atoms with Crippen LogP contribution in [0.15, 0.2) is 42.7 Å². The molecule has 5 nitrogen and oxygen atoms in total. The molecule has 3 heterocycles. The number of pyridine rings is 2. The number of aromatic nitrogens is 2. The highest BCUT2D eigenvalue weighted by Gasteiger charge is 2.21. The number of rotatable bonds is 3. The minimum atomic E-state index is 0.394. The van der Waals surface area contributed by atoms with Crippen molar-refractivity contribution in [2.24, 2.45) is 5.73 Å². The Morgan fingerprint density at radius 2 is 1.67 bits per heavy atom. The summed E-state index contributed by atoms with van der Waals surface area (Å²) in [6.45, 7) is 3.57. The Bertz CT molecular complexity index is 623. The molecule has 1 saturated heterocycles. The molecule has 0 aliphatic carbocycles. The van der Waals surface area contributed by atoms with Gasteiger partial charge >= 0.3 is 0 Å². The first-order valence-electron chi connectivity index (χ1n) is 6.91. The Balaban J connectivity index is 1.73. The van der Waals surface area contributed by atoms with E-state index in [1.165, 1.54) is 0 Å². The predicted octanol–water partition coefficient (Wildman–Crippen LogP) is 1.44. The summed E-state index contributed by atoms with van der Waals surface area (Å²) in [5.74, 6) is 1.90. The van der Waals surface area contributed by atoms with Gasteiger partial charge in [-0.15, -0.1) is 0 Å². The van der Waals surface area contributed by atoms with Gasteiger partial charge in [0.25, 0.3) is 0 Å². The standard InChI is InChI=1S/C15H17N5S/c16-14(21)12-4-3-7-18-15(12)20-10-8-19(9-11-20)13-5-1-2-6-17-13/h1-7H,8-11H2,(H2,16,21). The predicted molar refractivity (Wildman–Crippen MR) is 88.8 cm³/mol. The second-order valence-electron chi connectivity index (χ2n) is 4.90. The molecule has 0 saturated carbocycles. The molecule has 108 valence electrons. The molecule has 1 aliphatic heterocycles. The SMILES string of the molecule is NC(=S)c1cccnc1N1CCN(c2ccccn2)CC1. The van der Waals surface area contributed by atoms with Crippen LogP contribution in [0.5, 0.6) is 0 Å². The Morgan fingerprint density at radius 1 is 0.952 bits per heavy atom. The van der Waals surface area contributed by atoms with Crippen LogP contribution in [0.3, 0.4) is 0 Å². The number of nitrogens with two attached hydrogens (primary N) is 1. The molecule has 2 N–H and O–H groups in total. The van der Waals surface area contributed by atoms with E-state index in [-0.39, 0.29) is 0 Å². The summed E-state index contributed by atoms with van der Waals surface area (Å²) >= 11 is 5.11. The Kier molecular flexibility index (Phi) is 3.96. The summed E-state index contributed by atoms with van der Waals surface area (Å²) in [5, 5.41) is 0. The van der Waals surface area contributed by atoms with Crippen molar-refractivity contribution >= 4 is 28.8 Å². The van der Waals surface area contributed by atoms with Crippen LogP contribution >= 0.6 is 12.2 Å². The number of hydrogen-bond donors (Lipinski definition) is 1. The van der Waals surface area contributed by atoms with Gasteiger partial charge in [0, 0.05) is 38.6 Å². The van der Waals surface area contributed by atoms with E-state index in [2.05, 4.69) is 19.8 Å². The van der Waals surface area contributed by atoms with E-state index in [0.29, 0.717) is 4.99 Å². The zero-order valence-electron chi connectivity index (χ0n) is 11.6. The number of anilines is 2. The zero-order valence-corrected chi connectivity index (χ0v) is 12.5. The quantitative estimate of drug-likeness (QED) is 0.866. The molecule has 0 spiro atoms. The molecule has 1 fully saturated rings. The fraction of sp³-hybridized carbons (Fsp3) is 0.267. The zero-order chi connectivity index (χ0) is 14.7. The number of piperazine rings is 1. The van der Waals surface area contributed by atoms with Crippen LogP contribution in [0.4, 0.5) is 11.6 Å². The number of nitrogens with zero attached hydrogens (tertiary/aromatic N) is 4. The maximum atomic E-state index is 5.78. The monoisotopic (exact) mass is 299 g/mol. The van der Waals surface area contributed by atoms with E-state index in [4.69, 9.17) is 18.0 Å². The highest BCUT2D eigenvalue weighted by Crippen LogP contribution is 2.20. The molecule has 3 rings (SSSR count). The molecule has 1 aliphatic rings. The van der Waals surface area contributed by atoms with Crippen LogP contribution in [-0.2, 0) is 0 Å². The molecule has 0 unspecified atom stereocenters. The van der Waals surface area contributed by atoms with Crippen molar-refractivity contribution in [1.82, 2.24) is 9.97 Å². The lowest BCUT2D eigenvalue weighted by Crippen LogP contribution is -2.47. The third-order valence-corrected chi connectivity index (χ3v) is 3.82. The summed E-state index contributed by atoms with van der Waals surface area (Å²) in [6.07, 6.45) is 3.60. The molecule has 2 aromatic rings. The molecule has 0 aromatic carbocycles. The third kappa shape index (κ3) is 2.95. The van der Waals surface area contributed by atoms with Crippen LogP contribution < -0.4 is 15.5 Å². The Labute approximate surface area is 129 Å². The summed E-state index contributed by atoms with van der Waals surface area (Å²) < 4.78 is 0. The lowest BCUT2D eigenvalue weighted by Gasteiger charge is -2.36. The topological polar surface area (TPSA) is 58.3 Å². The summed E-state index contributed by atoms with van der Waals surface area (Å²) in [5.41, 5.74) is 6.63. The van der Waals surface area contributed by atoms with Gasteiger partial charge in [0.2, 0.25) is 0 Å². The Hall–Kier alpha value is -2.21. The van der Waals surface area contributed by atoms with Crippen LogP contribution in [0.1, 0.15) is 5.56 Å². The summed E-state index contributed by atoms with van der Waals surface area (Å²) in [7, 11) is 0. The summed E-state index contributed by atoms with van der Waals surface area (Å²) in [6, 6.07) is 9.77. The van der Waals surface area contributed by atoms with Crippen molar-refractivity contribution in [3.05, 3.63) is 48.3 Å². The van der Waals surface area contributed by atoms with Gasteiger partial charge in [-0.1, -0.05) is 18.3 Å². The molecule has 0 amide bonds. The minimum absolute atomic E-state index is 0.394. The van der Waals surface area contributed by atoms with Gasteiger partial charge < -0.3 is 15.5 Å². The first kappa shape index (κ1) is 13.8. The van der Waals surface area contributed by atoms with E-state index in [0.717, 1.165) is 43.4 Å². The maximum Gasteiger partial charge on any atom is 0.138 e. The normalized spacial score (nSPS) is 15.0. The van der Waals surface area contributed by atoms with Crippen molar-refractivity contribution in [1.29, 1.82) is 0 Å². The van der Waals surface area contributed by atoms with Gasteiger partial charge in [-0.3, -0.25) is 0 Å². The number of hydrogen-bond acceptors (Lipinski definition) is 5. The van der Waals surface area contributed by atoms with Gasteiger partial charge in [-0.25, -0.2) is 9.97 Å². The molecule has 0 radical (unpaired) electrons. The van der Waals surface area contributed by atoms with E-state index >= 15 is 0 Å². The van der Waals surface area contributed by atoms with Crippen LogP contribution in [0, 0.1) is 0 Å². The fourth-order valence-electron chi connectivity index (χ4n) is 2.53. The molecular weight excluding hydrogens is 282 g/mol. The van der Waals surface area contributed by atoms with Crippen LogP contribution in [-0.4, -0.2) is 41.1 Å². The van der Waals surface area contributed by atoms with Crippen molar-refractivity contribution in [2.45, 2.75) is 0 Å². The largest absolute Gasteiger partial charge is 0.389 e. The smallest absolute Gasteiger partial charge is 0.138 e. The van der Waals surface area contributed by atoms with E-state index in [9.17, 15) is 0 Å². The lowest BCUT2D eigenvalue weighted by atomic mass is 10.2. The molecule has 0 bridgehead atoms. The van der Waals surface area contributed by atoms with Gasteiger partial charge in [-0.2, -0.15) is 0 Å². The highest BCUT2D eigenvalue weighted by molar-refractivity contribution is 7.80. The van der Waals surface area contributed by atoms with Crippen molar-refractivity contribution in [3.63, 3.8) is 0 Å². The van der Waals surface area contributed by atoms with Crippen LogP contribution in [0.2, 0.25) is 0 Å². The van der Waals surface area contributed by atoms with E-state index in [1.54, 1.807) is 6.20 Å². The average molecular weight is 299 g/mol. The molecule has 2 aromatic heterocycles.